The monoisotopic (exact) mass is 373 g/mol. The molecule has 1 aliphatic rings. The van der Waals surface area contributed by atoms with Crippen molar-refractivity contribution in [2.45, 2.75) is 0 Å². The molecule has 0 spiro atoms. The molecule has 0 unspecified atom stereocenters. The second-order valence-corrected chi connectivity index (χ2v) is 7.39. The molecule has 7 heteroatoms. The number of nitrogens with zero attached hydrogens (tertiary/aromatic N) is 6. The Morgan fingerprint density at radius 3 is 2.43 bits per heavy atom. The second kappa shape index (κ2) is 6.76. The first-order valence-corrected chi connectivity index (χ1v) is 9.54. The maximum atomic E-state index is 4.89. The van der Waals surface area contributed by atoms with Crippen LogP contribution < -0.4 is 4.90 Å². The van der Waals surface area contributed by atoms with Gasteiger partial charge in [-0.1, -0.05) is 12.1 Å². The highest BCUT2D eigenvalue weighted by Gasteiger charge is 2.15. The van der Waals surface area contributed by atoms with E-state index in [4.69, 9.17) is 4.98 Å². The van der Waals surface area contributed by atoms with Gasteiger partial charge < -0.3 is 14.8 Å². The van der Waals surface area contributed by atoms with Crippen LogP contribution in [-0.4, -0.2) is 62.9 Å². The quantitative estimate of drug-likeness (QED) is 0.598. The molecule has 0 aliphatic carbocycles. The highest BCUT2D eigenvalue weighted by atomic mass is 15.2. The van der Waals surface area contributed by atoms with Crippen molar-refractivity contribution in [3.63, 3.8) is 0 Å². The Kier molecular flexibility index (Phi) is 4.09. The normalized spacial score (nSPS) is 15.4. The van der Waals surface area contributed by atoms with Crippen LogP contribution in [0.5, 0.6) is 0 Å². The molecule has 142 valence electrons. The number of H-pyrrole nitrogens is 1. The molecule has 7 nitrogen and oxygen atoms in total. The topological polar surface area (TPSA) is 65.9 Å². The number of benzene rings is 1. The first-order chi connectivity index (χ1) is 13.7. The number of hydrogen-bond acceptors (Lipinski definition) is 5. The van der Waals surface area contributed by atoms with Gasteiger partial charge in [0.2, 0.25) is 0 Å². The fourth-order valence-corrected chi connectivity index (χ4v) is 3.72. The van der Waals surface area contributed by atoms with Gasteiger partial charge in [0.1, 0.15) is 5.52 Å². The minimum Gasteiger partial charge on any atom is -0.369 e. The van der Waals surface area contributed by atoms with Crippen LogP contribution in [0.4, 0.5) is 5.69 Å². The molecule has 4 aromatic rings. The largest absolute Gasteiger partial charge is 0.369 e. The summed E-state index contributed by atoms with van der Waals surface area (Å²) in [6.45, 7) is 4.35. The molecule has 1 aromatic carbocycles. The summed E-state index contributed by atoms with van der Waals surface area (Å²) < 4.78 is 1.79. The molecule has 3 aromatic heterocycles. The van der Waals surface area contributed by atoms with Crippen LogP contribution in [0.2, 0.25) is 0 Å². The van der Waals surface area contributed by atoms with Gasteiger partial charge in [0.25, 0.3) is 0 Å². The third-order valence-electron chi connectivity index (χ3n) is 5.43. The van der Waals surface area contributed by atoms with Crippen molar-refractivity contribution in [3.8, 4) is 22.4 Å². The minimum absolute atomic E-state index is 0.789. The van der Waals surface area contributed by atoms with E-state index in [9.17, 15) is 0 Å². The molecular formula is C21H23N7. The number of fused-ring (bicyclic) bond motifs is 1. The van der Waals surface area contributed by atoms with Crippen LogP contribution in [-0.2, 0) is 7.05 Å². The van der Waals surface area contributed by atoms with Crippen LogP contribution in [0, 0.1) is 0 Å². The molecule has 28 heavy (non-hydrogen) atoms. The zero-order valence-corrected chi connectivity index (χ0v) is 16.1. The lowest BCUT2D eigenvalue weighted by Gasteiger charge is -2.34. The third kappa shape index (κ3) is 3.03. The second-order valence-electron chi connectivity index (χ2n) is 7.39. The zero-order valence-electron chi connectivity index (χ0n) is 16.1. The highest BCUT2D eigenvalue weighted by molar-refractivity contribution is 5.91. The maximum Gasteiger partial charge on any atom is 0.156 e. The first kappa shape index (κ1) is 16.9. The molecule has 0 atom stereocenters. The van der Waals surface area contributed by atoms with E-state index in [0.29, 0.717) is 0 Å². The summed E-state index contributed by atoms with van der Waals surface area (Å²) in [5, 5.41) is 4.27. The number of likely N-dealkylation sites (N-methyl/N-ethyl adjacent to an activating group) is 1. The summed E-state index contributed by atoms with van der Waals surface area (Å²) in [6, 6.07) is 8.65. The highest BCUT2D eigenvalue weighted by Crippen LogP contribution is 2.28. The summed E-state index contributed by atoms with van der Waals surface area (Å²) in [4.78, 5) is 17.5. The number of nitrogens with one attached hydrogen (secondary N) is 1. The van der Waals surface area contributed by atoms with Gasteiger partial charge in [-0.3, -0.25) is 4.68 Å². The van der Waals surface area contributed by atoms with Crippen LogP contribution in [0.1, 0.15) is 0 Å². The van der Waals surface area contributed by atoms with Gasteiger partial charge in [0.05, 0.1) is 18.1 Å². The minimum atomic E-state index is 0.789. The van der Waals surface area contributed by atoms with Gasteiger partial charge in [-0.2, -0.15) is 5.10 Å². The lowest BCUT2D eigenvalue weighted by atomic mass is 10.1. The summed E-state index contributed by atoms with van der Waals surface area (Å²) >= 11 is 0. The maximum absolute atomic E-state index is 4.89. The predicted octanol–water partition coefficient (Wildman–Crippen LogP) is 2.78. The predicted molar refractivity (Wildman–Crippen MR) is 111 cm³/mol. The van der Waals surface area contributed by atoms with Crippen molar-refractivity contribution in [3.05, 3.63) is 49.1 Å². The standard InChI is InChI=1S/C21H23N7/c1-26-7-9-28(10-8-26)17-5-3-15(4-6-17)19-13-23-21-20(25-19)18(12-22-21)16-11-24-27(2)14-16/h3-6,11-14H,7-10H2,1-2H3,(H,22,23). The van der Waals surface area contributed by atoms with E-state index in [1.807, 2.05) is 31.8 Å². The third-order valence-corrected chi connectivity index (χ3v) is 5.43. The average Bonchev–Trinajstić information content (AvgIpc) is 3.34. The molecule has 1 aliphatic heterocycles. The van der Waals surface area contributed by atoms with Gasteiger partial charge in [0.15, 0.2) is 5.65 Å². The van der Waals surface area contributed by atoms with E-state index in [-0.39, 0.29) is 0 Å². The van der Waals surface area contributed by atoms with E-state index in [0.717, 1.165) is 59.7 Å². The van der Waals surface area contributed by atoms with Gasteiger partial charge >= 0.3 is 0 Å². The lowest BCUT2D eigenvalue weighted by molar-refractivity contribution is 0.313. The van der Waals surface area contributed by atoms with Crippen LogP contribution >= 0.6 is 0 Å². The summed E-state index contributed by atoms with van der Waals surface area (Å²) in [7, 11) is 4.09. The first-order valence-electron chi connectivity index (χ1n) is 9.54. The van der Waals surface area contributed by atoms with Crippen LogP contribution in [0.3, 0.4) is 0 Å². The number of aromatic nitrogens is 5. The van der Waals surface area contributed by atoms with Gasteiger partial charge in [0, 0.05) is 68.0 Å². The Morgan fingerprint density at radius 1 is 0.929 bits per heavy atom. The molecule has 1 fully saturated rings. The summed E-state index contributed by atoms with van der Waals surface area (Å²) in [5.41, 5.74) is 6.93. The number of aromatic amines is 1. The number of anilines is 1. The van der Waals surface area contributed by atoms with Gasteiger partial charge in [-0.05, 0) is 19.2 Å². The number of piperazine rings is 1. The Bertz CT molecular complexity index is 1100. The SMILES string of the molecule is CN1CCN(c2ccc(-c3cnc4[nH]cc(-c5cnn(C)c5)c4n3)cc2)CC1. The molecule has 0 bridgehead atoms. The Balaban J connectivity index is 1.46. The van der Waals surface area contributed by atoms with Crippen LogP contribution in [0.25, 0.3) is 33.5 Å². The Morgan fingerprint density at radius 2 is 1.71 bits per heavy atom. The van der Waals surface area contributed by atoms with Crippen molar-refractivity contribution in [2.24, 2.45) is 7.05 Å². The van der Waals surface area contributed by atoms with Gasteiger partial charge in [-0.15, -0.1) is 0 Å². The summed E-state index contributed by atoms with van der Waals surface area (Å²) in [6.07, 6.45) is 7.61. The van der Waals surface area contributed by atoms with E-state index in [1.165, 1.54) is 5.69 Å². The fourth-order valence-electron chi connectivity index (χ4n) is 3.72. The molecule has 0 amide bonds. The Hall–Kier alpha value is -3.19. The van der Waals surface area contributed by atoms with Gasteiger partial charge in [-0.25, -0.2) is 9.97 Å². The average molecular weight is 373 g/mol. The number of aryl methyl sites for hydroxylation is 1. The van der Waals surface area contributed by atoms with Crippen molar-refractivity contribution < 1.29 is 0 Å². The molecule has 0 radical (unpaired) electrons. The summed E-state index contributed by atoms with van der Waals surface area (Å²) in [5.74, 6) is 0. The molecule has 1 saturated heterocycles. The van der Waals surface area contributed by atoms with E-state index in [2.05, 4.69) is 56.2 Å². The van der Waals surface area contributed by atoms with E-state index >= 15 is 0 Å². The zero-order chi connectivity index (χ0) is 19.1. The lowest BCUT2D eigenvalue weighted by Crippen LogP contribution is -2.44. The van der Waals surface area contributed by atoms with Crippen LogP contribution in [0.15, 0.2) is 49.1 Å². The van der Waals surface area contributed by atoms with Crippen molar-refractivity contribution in [1.29, 1.82) is 0 Å². The van der Waals surface area contributed by atoms with Crippen molar-refractivity contribution in [2.75, 3.05) is 38.1 Å². The molecule has 5 rings (SSSR count). The van der Waals surface area contributed by atoms with E-state index < -0.39 is 0 Å². The smallest absolute Gasteiger partial charge is 0.156 e. The number of rotatable bonds is 3. The van der Waals surface area contributed by atoms with E-state index in [1.54, 1.807) is 4.68 Å². The van der Waals surface area contributed by atoms with Crippen molar-refractivity contribution >= 4 is 16.9 Å². The Labute approximate surface area is 163 Å². The number of hydrogen-bond donors (Lipinski definition) is 1. The fraction of sp³-hybridized carbons (Fsp3) is 0.286. The molecule has 4 heterocycles. The van der Waals surface area contributed by atoms with Crippen molar-refractivity contribution in [1.82, 2.24) is 29.6 Å². The molecular weight excluding hydrogens is 350 g/mol. The molecule has 0 saturated carbocycles. The molecule has 1 N–H and O–H groups in total.